The molecule has 0 aliphatic carbocycles. The van der Waals surface area contributed by atoms with Gasteiger partial charge in [-0.2, -0.15) is 0 Å². The van der Waals surface area contributed by atoms with Gasteiger partial charge in [0.2, 0.25) is 0 Å². The van der Waals surface area contributed by atoms with Gasteiger partial charge in [0.05, 0.1) is 0 Å². The molecule has 2 unspecified atom stereocenters. The highest BCUT2D eigenvalue weighted by atomic mass is 16.6. The second-order valence-electron chi connectivity index (χ2n) is 2.09. The molecular weight excluding hydrogens is 120 g/mol. The zero-order chi connectivity index (χ0) is 7.07. The summed E-state index contributed by atoms with van der Waals surface area (Å²) in [5.74, 6) is 0. The summed E-state index contributed by atoms with van der Waals surface area (Å²) in [6.45, 7) is 3.22. The normalized spacial score (nSPS) is 39.4. The standard InChI is InChI=1S/C4H10N4O/c1-8-3-4(6,7)2(5)9-3/h2-3H,1,5-7H2. The second kappa shape index (κ2) is 1.74. The molecule has 0 bridgehead atoms. The molecule has 5 nitrogen and oxygen atoms in total. The Hall–Kier alpha value is -0.490. The smallest absolute Gasteiger partial charge is 0.184 e. The van der Waals surface area contributed by atoms with Gasteiger partial charge in [0, 0.05) is 0 Å². The molecule has 0 aromatic carbocycles. The van der Waals surface area contributed by atoms with E-state index in [2.05, 4.69) is 11.7 Å². The minimum atomic E-state index is -1.03. The van der Waals surface area contributed by atoms with E-state index >= 15 is 0 Å². The van der Waals surface area contributed by atoms with Gasteiger partial charge >= 0.3 is 0 Å². The van der Waals surface area contributed by atoms with Gasteiger partial charge in [-0.05, 0) is 6.72 Å². The van der Waals surface area contributed by atoms with E-state index in [4.69, 9.17) is 21.9 Å². The third-order valence-corrected chi connectivity index (χ3v) is 1.36. The third-order valence-electron chi connectivity index (χ3n) is 1.36. The lowest BCUT2D eigenvalue weighted by Gasteiger charge is -2.45. The number of ether oxygens (including phenoxy) is 1. The first-order valence-corrected chi connectivity index (χ1v) is 2.53. The van der Waals surface area contributed by atoms with Crippen LogP contribution in [0.3, 0.4) is 0 Å². The summed E-state index contributed by atoms with van der Waals surface area (Å²) in [6.07, 6.45) is -1.17. The molecule has 0 spiro atoms. The van der Waals surface area contributed by atoms with Crippen LogP contribution in [0.5, 0.6) is 0 Å². The minimum absolute atomic E-state index is 0.549. The van der Waals surface area contributed by atoms with Gasteiger partial charge in [-0.15, -0.1) is 0 Å². The largest absolute Gasteiger partial charge is 0.332 e. The molecular formula is C4H10N4O. The molecule has 1 fully saturated rings. The monoisotopic (exact) mass is 130 g/mol. The van der Waals surface area contributed by atoms with Crippen molar-refractivity contribution in [3.8, 4) is 0 Å². The highest BCUT2D eigenvalue weighted by Crippen LogP contribution is 2.22. The maximum absolute atomic E-state index is 5.41. The molecule has 1 aliphatic rings. The van der Waals surface area contributed by atoms with Gasteiger partial charge in [-0.25, -0.2) is 0 Å². The highest BCUT2D eigenvalue weighted by Gasteiger charge is 2.49. The Balaban J connectivity index is 2.58. The van der Waals surface area contributed by atoms with Gasteiger partial charge in [0.15, 0.2) is 11.9 Å². The van der Waals surface area contributed by atoms with Crippen molar-refractivity contribution in [1.82, 2.24) is 0 Å². The van der Waals surface area contributed by atoms with Crippen LogP contribution >= 0.6 is 0 Å². The predicted octanol–water partition coefficient (Wildman–Crippen LogP) is -2.06. The Bertz CT molecular complexity index is 135. The molecule has 5 heteroatoms. The van der Waals surface area contributed by atoms with Gasteiger partial charge in [-0.3, -0.25) is 4.99 Å². The van der Waals surface area contributed by atoms with E-state index in [1.54, 1.807) is 0 Å². The number of hydrogen-bond acceptors (Lipinski definition) is 5. The average Bonchev–Trinajstić information content (AvgIpc) is 1.82. The van der Waals surface area contributed by atoms with Crippen molar-refractivity contribution in [2.75, 3.05) is 0 Å². The van der Waals surface area contributed by atoms with Crippen molar-refractivity contribution in [2.45, 2.75) is 18.1 Å². The number of nitrogens with two attached hydrogens (primary N) is 3. The van der Waals surface area contributed by atoms with Crippen LogP contribution in [0.2, 0.25) is 0 Å². The van der Waals surface area contributed by atoms with Crippen LogP contribution in [0.4, 0.5) is 0 Å². The quantitative estimate of drug-likeness (QED) is 0.281. The molecule has 0 aromatic heterocycles. The molecule has 0 saturated carbocycles. The van der Waals surface area contributed by atoms with Gasteiger partial charge in [0.1, 0.15) is 6.23 Å². The molecule has 6 N–H and O–H groups in total. The minimum Gasteiger partial charge on any atom is -0.332 e. The summed E-state index contributed by atoms with van der Waals surface area (Å²) in [5.41, 5.74) is 15.1. The first-order chi connectivity index (χ1) is 4.09. The Morgan fingerprint density at radius 2 is 2.11 bits per heavy atom. The zero-order valence-corrected chi connectivity index (χ0v) is 4.95. The summed E-state index contributed by atoms with van der Waals surface area (Å²) >= 11 is 0. The molecule has 1 rings (SSSR count). The molecule has 0 amide bonds. The number of aliphatic imine (C=N–C) groups is 1. The summed E-state index contributed by atoms with van der Waals surface area (Å²) in [5, 5.41) is 0. The number of nitrogens with zero attached hydrogens (tertiary/aromatic N) is 1. The lowest BCUT2D eigenvalue weighted by atomic mass is 10.0. The lowest BCUT2D eigenvalue weighted by Crippen LogP contribution is -2.79. The third kappa shape index (κ3) is 0.744. The summed E-state index contributed by atoms with van der Waals surface area (Å²) in [7, 11) is 0. The van der Waals surface area contributed by atoms with Crippen molar-refractivity contribution in [3.63, 3.8) is 0 Å². The molecule has 1 saturated heterocycles. The van der Waals surface area contributed by atoms with E-state index in [0.29, 0.717) is 0 Å². The molecule has 1 heterocycles. The summed E-state index contributed by atoms with van der Waals surface area (Å²) in [6, 6.07) is 0. The molecule has 52 valence electrons. The van der Waals surface area contributed by atoms with E-state index in [1.807, 2.05) is 0 Å². The summed E-state index contributed by atoms with van der Waals surface area (Å²) < 4.78 is 4.80. The molecule has 9 heavy (non-hydrogen) atoms. The van der Waals surface area contributed by atoms with Crippen molar-refractivity contribution in [3.05, 3.63) is 0 Å². The molecule has 0 aromatic rings. The second-order valence-corrected chi connectivity index (χ2v) is 2.09. The topological polar surface area (TPSA) is 99.6 Å². The van der Waals surface area contributed by atoms with Crippen molar-refractivity contribution < 1.29 is 4.74 Å². The van der Waals surface area contributed by atoms with Crippen LogP contribution in [0, 0.1) is 0 Å². The van der Waals surface area contributed by atoms with Gasteiger partial charge in [-0.1, -0.05) is 0 Å². The van der Waals surface area contributed by atoms with E-state index in [1.165, 1.54) is 0 Å². The van der Waals surface area contributed by atoms with Gasteiger partial charge < -0.3 is 21.9 Å². The van der Waals surface area contributed by atoms with Crippen LogP contribution in [0.15, 0.2) is 4.99 Å². The van der Waals surface area contributed by atoms with Crippen molar-refractivity contribution >= 4 is 6.72 Å². The Morgan fingerprint density at radius 3 is 2.22 bits per heavy atom. The Labute approximate surface area is 52.9 Å². The van der Waals surface area contributed by atoms with E-state index in [0.717, 1.165) is 0 Å². The first-order valence-electron chi connectivity index (χ1n) is 2.53. The maximum Gasteiger partial charge on any atom is 0.184 e. The number of rotatable bonds is 1. The molecule has 2 atom stereocenters. The van der Waals surface area contributed by atoms with E-state index in [-0.39, 0.29) is 0 Å². The van der Waals surface area contributed by atoms with Crippen LogP contribution < -0.4 is 17.2 Å². The fourth-order valence-electron chi connectivity index (χ4n) is 0.644. The van der Waals surface area contributed by atoms with Gasteiger partial charge in [0.25, 0.3) is 0 Å². The lowest BCUT2D eigenvalue weighted by molar-refractivity contribution is -0.189. The Morgan fingerprint density at radius 1 is 1.56 bits per heavy atom. The fraction of sp³-hybridized carbons (Fsp3) is 0.750. The predicted molar refractivity (Wildman–Crippen MR) is 33.5 cm³/mol. The fourth-order valence-corrected chi connectivity index (χ4v) is 0.644. The molecule has 0 radical (unpaired) electrons. The highest BCUT2D eigenvalue weighted by molar-refractivity contribution is 5.25. The SMILES string of the molecule is C=NC1OC(N)C1(N)N. The summed E-state index contributed by atoms with van der Waals surface area (Å²) in [4.78, 5) is 3.49. The maximum atomic E-state index is 5.41. The number of hydrogen-bond donors (Lipinski definition) is 3. The van der Waals surface area contributed by atoms with E-state index < -0.39 is 18.1 Å². The van der Waals surface area contributed by atoms with Crippen LogP contribution in [0.25, 0.3) is 0 Å². The Kier molecular flexibility index (Phi) is 1.28. The first kappa shape index (κ1) is 6.63. The average molecular weight is 130 g/mol. The van der Waals surface area contributed by atoms with Crippen molar-refractivity contribution in [1.29, 1.82) is 0 Å². The van der Waals surface area contributed by atoms with Crippen molar-refractivity contribution in [2.24, 2.45) is 22.2 Å². The van der Waals surface area contributed by atoms with Crippen LogP contribution in [0.1, 0.15) is 0 Å². The van der Waals surface area contributed by atoms with Crippen LogP contribution in [-0.2, 0) is 4.74 Å². The molecule has 1 aliphatic heterocycles. The van der Waals surface area contributed by atoms with Crippen LogP contribution in [-0.4, -0.2) is 24.8 Å². The zero-order valence-electron chi connectivity index (χ0n) is 4.95. The van der Waals surface area contributed by atoms with E-state index in [9.17, 15) is 0 Å².